The van der Waals surface area contributed by atoms with Crippen LogP contribution in [-0.2, 0) is 14.8 Å². The summed E-state index contributed by atoms with van der Waals surface area (Å²) in [5.41, 5.74) is 0.541. The second-order valence-corrected chi connectivity index (χ2v) is 9.82. The Hall–Kier alpha value is -1.91. The number of sulfonamides is 1. The molecule has 1 aromatic heterocycles. The number of hydrogen-bond donors (Lipinski definition) is 2. The van der Waals surface area contributed by atoms with Crippen LogP contribution in [0.25, 0.3) is 0 Å². The predicted octanol–water partition coefficient (Wildman–Crippen LogP) is 2.42. The summed E-state index contributed by atoms with van der Waals surface area (Å²) in [5, 5.41) is 11.2. The second-order valence-electron chi connectivity index (χ2n) is 6.80. The van der Waals surface area contributed by atoms with Crippen LogP contribution in [0.2, 0.25) is 0 Å². The number of nitrogens with one attached hydrogen (secondary N) is 2. The molecule has 0 bridgehead atoms. The first-order valence-corrected chi connectivity index (χ1v) is 11.1. The molecule has 0 saturated heterocycles. The summed E-state index contributed by atoms with van der Waals surface area (Å²) in [6.07, 6.45) is 3.94. The van der Waals surface area contributed by atoms with Crippen molar-refractivity contribution in [1.82, 2.24) is 19.5 Å². The highest BCUT2D eigenvalue weighted by Gasteiger charge is 2.28. The monoisotopic (exact) mass is 409 g/mol. The maximum absolute atomic E-state index is 12.4. The molecule has 1 heterocycles. The summed E-state index contributed by atoms with van der Waals surface area (Å²) in [6, 6.07) is 6.37. The molecule has 146 valence electrons. The molecule has 1 aromatic carbocycles. The molecule has 1 atom stereocenters. The molecule has 3 rings (SSSR count). The van der Waals surface area contributed by atoms with Gasteiger partial charge in [-0.2, -0.15) is 0 Å². The molecule has 2 aromatic rings. The molecule has 0 aliphatic heterocycles. The lowest BCUT2D eigenvalue weighted by atomic mass is 10.3. The molecular formula is C17H23N5O3S2. The fourth-order valence-electron chi connectivity index (χ4n) is 2.47. The van der Waals surface area contributed by atoms with Gasteiger partial charge in [-0.1, -0.05) is 11.8 Å². The minimum absolute atomic E-state index is 0.161. The third-order valence-corrected chi connectivity index (χ3v) is 6.70. The lowest BCUT2D eigenvalue weighted by molar-refractivity contribution is -0.115. The highest BCUT2D eigenvalue weighted by Crippen LogP contribution is 2.38. The van der Waals surface area contributed by atoms with E-state index in [1.165, 1.54) is 23.9 Å². The number of benzene rings is 1. The number of rotatable bonds is 8. The minimum Gasteiger partial charge on any atom is -0.325 e. The van der Waals surface area contributed by atoms with Crippen molar-refractivity contribution in [2.24, 2.45) is 0 Å². The van der Waals surface area contributed by atoms with Crippen LogP contribution in [0, 0.1) is 0 Å². The Morgan fingerprint density at radius 1 is 1.22 bits per heavy atom. The van der Waals surface area contributed by atoms with Crippen LogP contribution in [0.15, 0.2) is 40.6 Å². The Labute approximate surface area is 163 Å². The SMILES string of the molecule is CC(C)NS(=O)(=O)c1ccc(NC(=O)C(C)Sc2nncn2C2CC2)cc1. The summed E-state index contributed by atoms with van der Waals surface area (Å²) in [5.74, 6) is -0.179. The molecule has 0 radical (unpaired) electrons. The number of anilines is 1. The van der Waals surface area contributed by atoms with Crippen LogP contribution in [-0.4, -0.2) is 40.4 Å². The van der Waals surface area contributed by atoms with Crippen LogP contribution in [0.4, 0.5) is 5.69 Å². The van der Waals surface area contributed by atoms with Crippen LogP contribution in [0.3, 0.4) is 0 Å². The number of carbonyl (C=O) groups excluding carboxylic acids is 1. The first kappa shape index (κ1) is 19.8. The molecular weight excluding hydrogens is 386 g/mol. The van der Waals surface area contributed by atoms with Crippen molar-refractivity contribution in [2.75, 3.05) is 5.32 Å². The zero-order valence-corrected chi connectivity index (χ0v) is 17.0. The first-order chi connectivity index (χ1) is 12.8. The van der Waals surface area contributed by atoms with E-state index in [0.29, 0.717) is 11.7 Å². The zero-order valence-electron chi connectivity index (χ0n) is 15.4. The fraction of sp³-hybridized carbons (Fsp3) is 0.471. The van der Waals surface area contributed by atoms with Gasteiger partial charge in [0.1, 0.15) is 6.33 Å². The number of amides is 1. The van der Waals surface area contributed by atoms with Crippen LogP contribution >= 0.6 is 11.8 Å². The lowest BCUT2D eigenvalue weighted by Gasteiger charge is -2.13. The van der Waals surface area contributed by atoms with Crippen LogP contribution < -0.4 is 10.0 Å². The average Bonchev–Trinajstić information content (AvgIpc) is 3.33. The van der Waals surface area contributed by atoms with Crippen LogP contribution in [0.5, 0.6) is 0 Å². The molecule has 1 aliphatic rings. The van der Waals surface area contributed by atoms with Gasteiger partial charge in [-0.05, 0) is 57.9 Å². The fourth-order valence-corrected chi connectivity index (χ4v) is 4.62. The number of thioether (sulfide) groups is 1. The highest BCUT2D eigenvalue weighted by atomic mass is 32.2. The van der Waals surface area contributed by atoms with Crippen molar-refractivity contribution < 1.29 is 13.2 Å². The van der Waals surface area contributed by atoms with Crippen molar-refractivity contribution in [3.8, 4) is 0 Å². The Kier molecular flexibility index (Phi) is 5.87. The number of hydrogen-bond acceptors (Lipinski definition) is 6. The maximum Gasteiger partial charge on any atom is 0.240 e. The summed E-state index contributed by atoms with van der Waals surface area (Å²) in [4.78, 5) is 12.6. The normalized spacial score (nSPS) is 15.7. The number of nitrogens with zero attached hydrogens (tertiary/aromatic N) is 3. The second kappa shape index (κ2) is 7.99. The van der Waals surface area contributed by atoms with E-state index in [4.69, 9.17) is 0 Å². The summed E-state index contributed by atoms with van der Waals surface area (Å²) >= 11 is 1.36. The van der Waals surface area contributed by atoms with Gasteiger partial charge in [0.05, 0.1) is 10.1 Å². The Morgan fingerprint density at radius 3 is 2.48 bits per heavy atom. The van der Waals surface area contributed by atoms with Gasteiger partial charge in [0.25, 0.3) is 0 Å². The maximum atomic E-state index is 12.4. The lowest BCUT2D eigenvalue weighted by Crippen LogP contribution is -2.30. The minimum atomic E-state index is -3.55. The van der Waals surface area contributed by atoms with E-state index in [9.17, 15) is 13.2 Å². The molecule has 1 amide bonds. The molecule has 1 unspecified atom stereocenters. The van der Waals surface area contributed by atoms with E-state index in [-0.39, 0.29) is 22.1 Å². The largest absolute Gasteiger partial charge is 0.325 e. The average molecular weight is 410 g/mol. The van der Waals surface area contributed by atoms with Crippen molar-refractivity contribution >= 4 is 33.4 Å². The molecule has 27 heavy (non-hydrogen) atoms. The molecule has 0 spiro atoms. The zero-order chi connectivity index (χ0) is 19.6. The molecule has 1 fully saturated rings. The summed E-state index contributed by atoms with van der Waals surface area (Å²) in [7, 11) is -3.55. The van der Waals surface area contributed by atoms with Gasteiger partial charge >= 0.3 is 0 Å². The molecule has 1 aliphatic carbocycles. The van der Waals surface area contributed by atoms with Gasteiger partial charge < -0.3 is 9.88 Å². The quantitative estimate of drug-likeness (QED) is 0.649. The van der Waals surface area contributed by atoms with Crippen molar-refractivity contribution in [2.45, 2.75) is 61.0 Å². The van der Waals surface area contributed by atoms with E-state index < -0.39 is 10.0 Å². The highest BCUT2D eigenvalue weighted by molar-refractivity contribution is 8.00. The first-order valence-electron chi connectivity index (χ1n) is 8.75. The Bertz CT molecular complexity index is 905. The van der Waals surface area contributed by atoms with E-state index in [2.05, 4.69) is 20.2 Å². The molecule has 2 N–H and O–H groups in total. The van der Waals surface area contributed by atoms with Crippen molar-refractivity contribution in [3.63, 3.8) is 0 Å². The van der Waals surface area contributed by atoms with Crippen molar-refractivity contribution in [1.29, 1.82) is 0 Å². The van der Waals surface area contributed by atoms with Gasteiger partial charge in [0, 0.05) is 17.8 Å². The molecule has 1 saturated carbocycles. The van der Waals surface area contributed by atoms with Gasteiger partial charge in [0.15, 0.2) is 5.16 Å². The molecule has 8 nitrogen and oxygen atoms in total. The summed E-state index contributed by atoms with van der Waals surface area (Å²) < 4.78 is 28.8. The Balaban J connectivity index is 1.61. The third-order valence-electron chi connectivity index (χ3n) is 3.95. The van der Waals surface area contributed by atoms with E-state index in [1.54, 1.807) is 39.2 Å². The van der Waals surface area contributed by atoms with E-state index in [0.717, 1.165) is 18.0 Å². The molecule has 10 heteroatoms. The van der Waals surface area contributed by atoms with Crippen molar-refractivity contribution in [3.05, 3.63) is 30.6 Å². The van der Waals surface area contributed by atoms with Gasteiger partial charge in [-0.15, -0.1) is 10.2 Å². The number of carbonyl (C=O) groups is 1. The van der Waals surface area contributed by atoms with Gasteiger partial charge in [-0.25, -0.2) is 13.1 Å². The van der Waals surface area contributed by atoms with Crippen LogP contribution in [0.1, 0.15) is 39.7 Å². The smallest absolute Gasteiger partial charge is 0.240 e. The third kappa shape index (κ3) is 5.08. The predicted molar refractivity (Wildman–Crippen MR) is 104 cm³/mol. The van der Waals surface area contributed by atoms with Gasteiger partial charge in [-0.3, -0.25) is 4.79 Å². The van der Waals surface area contributed by atoms with Gasteiger partial charge in [0.2, 0.25) is 15.9 Å². The summed E-state index contributed by atoms with van der Waals surface area (Å²) in [6.45, 7) is 5.32. The topological polar surface area (TPSA) is 106 Å². The number of aromatic nitrogens is 3. The van der Waals surface area contributed by atoms with E-state index >= 15 is 0 Å². The standard InChI is InChI=1S/C17H23N5O3S2/c1-11(2)21-27(24,25)15-8-4-13(5-9-15)19-16(23)12(3)26-17-20-18-10-22(17)14-6-7-14/h4-5,8-12,14,21H,6-7H2,1-3H3,(H,19,23). The Morgan fingerprint density at radius 2 is 1.89 bits per heavy atom. The van der Waals surface area contributed by atoms with E-state index in [1.807, 2.05) is 4.57 Å².